The van der Waals surface area contributed by atoms with E-state index in [2.05, 4.69) is 38.7 Å². The zero-order valence-electron chi connectivity index (χ0n) is 11.7. The Hall–Kier alpha value is -2.10. The Morgan fingerprint density at radius 2 is 2.20 bits per heavy atom. The predicted molar refractivity (Wildman–Crippen MR) is 79.6 cm³/mol. The molecule has 0 radical (unpaired) electrons. The van der Waals surface area contributed by atoms with E-state index in [9.17, 15) is 0 Å². The highest BCUT2D eigenvalue weighted by molar-refractivity contribution is 5.83. The van der Waals surface area contributed by atoms with Gasteiger partial charge in [-0.1, -0.05) is 6.92 Å². The number of imidazole rings is 1. The highest BCUT2D eigenvalue weighted by Crippen LogP contribution is 2.27. The van der Waals surface area contributed by atoms with Crippen molar-refractivity contribution in [3.8, 4) is 11.4 Å². The standard InChI is InChI=1S/C16H18N4/c1-2-11-8-17-15-14(11)7-12(9-18-15)16-19-10-13-5-3-4-6-20(13)16/h7-10H,2-6H2,1H3,(H,17,18). The fraction of sp³-hybridized carbons (Fsp3) is 0.375. The van der Waals surface area contributed by atoms with Crippen LogP contribution in [0.1, 0.15) is 31.0 Å². The van der Waals surface area contributed by atoms with E-state index >= 15 is 0 Å². The van der Waals surface area contributed by atoms with E-state index in [1.165, 1.54) is 29.5 Å². The van der Waals surface area contributed by atoms with Gasteiger partial charge < -0.3 is 9.55 Å². The molecule has 0 atom stereocenters. The Labute approximate surface area is 117 Å². The van der Waals surface area contributed by atoms with Crippen molar-refractivity contribution in [1.82, 2.24) is 19.5 Å². The lowest BCUT2D eigenvalue weighted by Gasteiger charge is -2.16. The molecule has 0 amide bonds. The number of hydrogen-bond donors (Lipinski definition) is 1. The van der Waals surface area contributed by atoms with Gasteiger partial charge in [0.15, 0.2) is 0 Å². The summed E-state index contributed by atoms with van der Waals surface area (Å²) in [5.41, 5.74) is 4.77. The second kappa shape index (κ2) is 4.47. The average Bonchev–Trinajstić information content (AvgIpc) is 3.10. The summed E-state index contributed by atoms with van der Waals surface area (Å²) in [6.45, 7) is 3.25. The van der Waals surface area contributed by atoms with Crippen molar-refractivity contribution >= 4 is 11.0 Å². The molecule has 4 nitrogen and oxygen atoms in total. The number of fused-ring (bicyclic) bond motifs is 2. The van der Waals surface area contributed by atoms with Gasteiger partial charge in [-0.15, -0.1) is 0 Å². The Balaban J connectivity index is 1.87. The van der Waals surface area contributed by atoms with Gasteiger partial charge in [0.25, 0.3) is 0 Å². The lowest BCUT2D eigenvalue weighted by Crippen LogP contribution is -2.10. The first-order valence-corrected chi connectivity index (χ1v) is 7.37. The van der Waals surface area contributed by atoms with Crippen LogP contribution in [0.25, 0.3) is 22.4 Å². The number of nitrogens with zero attached hydrogens (tertiary/aromatic N) is 3. The predicted octanol–water partition coefficient (Wildman–Crippen LogP) is 3.33. The lowest BCUT2D eigenvalue weighted by molar-refractivity contribution is 0.536. The van der Waals surface area contributed by atoms with Crippen LogP contribution in [0.3, 0.4) is 0 Å². The normalized spacial score (nSPS) is 14.7. The maximum Gasteiger partial charge on any atom is 0.141 e. The Kier molecular flexibility index (Phi) is 2.62. The molecule has 4 heterocycles. The summed E-state index contributed by atoms with van der Waals surface area (Å²) in [7, 11) is 0. The van der Waals surface area contributed by atoms with Gasteiger partial charge in [-0.25, -0.2) is 9.97 Å². The smallest absolute Gasteiger partial charge is 0.141 e. The quantitative estimate of drug-likeness (QED) is 0.773. The van der Waals surface area contributed by atoms with E-state index in [4.69, 9.17) is 0 Å². The van der Waals surface area contributed by atoms with Crippen LogP contribution in [0.5, 0.6) is 0 Å². The number of hydrogen-bond acceptors (Lipinski definition) is 2. The first-order valence-electron chi connectivity index (χ1n) is 7.37. The fourth-order valence-electron chi connectivity index (χ4n) is 3.14. The number of rotatable bonds is 2. The van der Waals surface area contributed by atoms with Crippen LogP contribution in [-0.2, 0) is 19.4 Å². The minimum Gasteiger partial charge on any atom is -0.346 e. The minimum atomic E-state index is 0.969. The zero-order chi connectivity index (χ0) is 13.5. The van der Waals surface area contributed by atoms with Gasteiger partial charge in [-0.05, 0) is 37.3 Å². The van der Waals surface area contributed by atoms with Gasteiger partial charge >= 0.3 is 0 Å². The van der Waals surface area contributed by atoms with Gasteiger partial charge in [-0.2, -0.15) is 0 Å². The van der Waals surface area contributed by atoms with E-state index < -0.39 is 0 Å². The van der Waals surface area contributed by atoms with Crippen LogP contribution in [0.15, 0.2) is 24.7 Å². The largest absolute Gasteiger partial charge is 0.346 e. The van der Waals surface area contributed by atoms with Crippen molar-refractivity contribution < 1.29 is 0 Å². The van der Waals surface area contributed by atoms with Gasteiger partial charge in [-0.3, -0.25) is 0 Å². The maximum atomic E-state index is 4.63. The molecule has 102 valence electrons. The summed E-state index contributed by atoms with van der Waals surface area (Å²) in [5.74, 6) is 1.07. The van der Waals surface area contributed by atoms with E-state index in [1.54, 1.807) is 0 Å². The molecule has 20 heavy (non-hydrogen) atoms. The Morgan fingerprint density at radius 1 is 1.25 bits per heavy atom. The molecule has 0 fully saturated rings. The van der Waals surface area contributed by atoms with Gasteiger partial charge in [0.1, 0.15) is 11.5 Å². The van der Waals surface area contributed by atoms with E-state index in [0.29, 0.717) is 0 Å². The second-order valence-electron chi connectivity index (χ2n) is 5.47. The van der Waals surface area contributed by atoms with Crippen LogP contribution in [0, 0.1) is 0 Å². The molecule has 1 aliphatic heterocycles. The molecule has 0 saturated heterocycles. The van der Waals surface area contributed by atoms with Crippen molar-refractivity contribution in [2.75, 3.05) is 0 Å². The molecule has 0 aliphatic carbocycles. The first kappa shape index (κ1) is 11.7. The van der Waals surface area contributed by atoms with Crippen molar-refractivity contribution in [1.29, 1.82) is 0 Å². The van der Waals surface area contributed by atoms with Crippen LogP contribution in [0.2, 0.25) is 0 Å². The second-order valence-corrected chi connectivity index (χ2v) is 5.47. The van der Waals surface area contributed by atoms with Gasteiger partial charge in [0, 0.05) is 41.8 Å². The van der Waals surface area contributed by atoms with Gasteiger partial charge in [0.2, 0.25) is 0 Å². The number of aryl methyl sites for hydroxylation is 2. The summed E-state index contributed by atoms with van der Waals surface area (Å²) in [6, 6.07) is 2.22. The highest BCUT2D eigenvalue weighted by atomic mass is 15.1. The molecule has 1 N–H and O–H groups in total. The van der Waals surface area contributed by atoms with E-state index in [1.807, 2.05) is 12.4 Å². The monoisotopic (exact) mass is 266 g/mol. The zero-order valence-corrected chi connectivity index (χ0v) is 11.7. The summed E-state index contributed by atoms with van der Waals surface area (Å²) in [4.78, 5) is 12.4. The number of nitrogens with one attached hydrogen (secondary N) is 1. The molecule has 0 saturated carbocycles. The van der Waals surface area contributed by atoms with E-state index in [0.717, 1.165) is 36.4 Å². The molecule has 0 unspecified atom stereocenters. The third-order valence-corrected chi connectivity index (χ3v) is 4.26. The van der Waals surface area contributed by atoms with Crippen molar-refractivity contribution in [2.24, 2.45) is 0 Å². The molecule has 3 aromatic rings. The minimum absolute atomic E-state index is 0.969. The summed E-state index contributed by atoms with van der Waals surface area (Å²) in [5, 5.41) is 1.22. The van der Waals surface area contributed by atoms with E-state index in [-0.39, 0.29) is 0 Å². The van der Waals surface area contributed by atoms with Crippen molar-refractivity contribution in [2.45, 2.75) is 39.2 Å². The topological polar surface area (TPSA) is 46.5 Å². The molecule has 4 heteroatoms. The van der Waals surface area contributed by atoms with Crippen LogP contribution in [0.4, 0.5) is 0 Å². The third kappa shape index (κ3) is 1.68. The highest BCUT2D eigenvalue weighted by Gasteiger charge is 2.16. The Bertz CT molecular complexity index is 766. The number of pyridine rings is 1. The third-order valence-electron chi connectivity index (χ3n) is 4.26. The molecule has 4 rings (SSSR count). The number of aromatic nitrogens is 4. The SMILES string of the molecule is CCc1c[nH]c2ncc(-c3ncc4n3CCCC4)cc12. The number of H-pyrrole nitrogens is 1. The Morgan fingerprint density at radius 3 is 3.10 bits per heavy atom. The fourth-order valence-corrected chi connectivity index (χ4v) is 3.14. The molecule has 0 spiro atoms. The molecule has 1 aliphatic rings. The van der Waals surface area contributed by atoms with Crippen molar-refractivity contribution in [3.63, 3.8) is 0 Å². The average molecular weight is 266 g/mol. The summed E-state index contributed by atoms with van der Waals surface area (Å²) < 4.78 is 2.35. The van der Waals surface area contributed by atoms with Crippen molar-refractivity contribution in [3.05, 3.63) is 35.9 Å². The van der Waals surface area contributed by atoms with Gasteiger partial charge in [0.05, 0.1) is 0 Å². The summed E-state index contributed by atoms with van der Waals surface area (Å²) >= 11 is 0. The van der Waals surface area contributed by atoms with Crippen LogP contribution in [-0.4, -0.2) is 19.5 Å². The molecule has 0 bridgehead atoms. The summed E-state index contributed by atoms with van der Waals surface area (Å²) in [6.07, 6.45) is 10.7. The van der Waals surface area contributed by atoms with Crippen LogP contribution >= 0.6 is 0 Å². The lowest BCUT2D eigenvalue weighted by atomic mass is 10.1. The first-order chi connectivity index (χ1) is 9.86. The number of aromatic amines is 1. The molecule has 3 aromatic heterocycles. The maximum absolute atomic E-state index is 4.63. The van der Waals surface area contributed by atoms with Crippen LogP contribution < -0.4 is 0 Å². The molecular formula is C16H18N4. The molecule has 0 aromatic carbocycles. The molecular weight excluding hydrogens is 248 g/mol.